The highest BCUT2D eigenvalue weighted by Gasteiger charge is 2.13. The van der Waals surface area contributed by atoms with Crippen LogP contribution >= 0.6 is 0 Å². The van der Waals surface area contributed by atoms with Gasteiger partial charge >= 0.3 is 5.97 Å². The maximum absolute atomic E-state index is 11.3. The summed E-state index contributed by atoms with van der Waals surface area (Å²) in [6, 6.07) is 17.7. The van der Waals surface area contributed by atoms with Crippen molar-refractivity contribution in [2.75, 3.05) is 0 Å². The lowest BCUT2D eigenvalue weighted by Crippen LogP contribution is -2.12. The van der Waals surface area contributed by atoms with E-state index < -0.39 is 11.8 Å². The van der Waals surface area contributed by atoms with Gasteiger partial charge < -0.3 is 9.84 Å². The Kier molecular flexibility index (Phi) is 4.01. The number of ether oxygens (including phenoxy) is 1. The number of Topliss-reactive ketones (excluding diaryl/α,β-unsaturated/α-hetero) is 1. The van der Waals surface area contributed by atoms with E-state index in [1.165, 1.54) is 12.1 Å². The molecule has 3 aromatic rings. The fourth-order valence-electron chi connectivity index (χ4n) is 2.17. The van der Waals surface area contributed by atoms with E-state index in [-0.39, 0.29) is 12.2 Å². The summed E-state index contributed by atoms with van der Waals surface area (Å²) in [4.78, 5) is 26.4. The van der Waals surface area contributed by atoms with Crippen LogP contribution in [0.25, 0.3) is 10.9 Å². The number of aliphatic carboxylic acids is 1. The molecule has 1 aromatic heterocycles. The molecule has 0 aliphatic rings. The molecule has 0 amide bonds. The van der Waals surface area contributed by atoms with E-state index in [0.717, 1.165) is 16.6 Å². The number of carbonyl (C=O) groups excluding carboxylic acids is 1. The first-order valence-electron chi connectivity index (χ1n) is 6.98. The molecule has 5 nitrogen and oxygen atoms in total. The van der Waals surface area contributed by atoms with Gasteiger partial charge in [0.05, 0.1) is 11.2 Å². The van der Waals surface area contributed by atoms with Crippen LogP contribution < -0.4 is 4.74 Å². The zero-order valence-corrected chi connectivity index (χ0v) is 12.1. The molecule has 0 spiro atoms. The van der Waals surface area contributed by atoms with Gasteiger partial charge in [-0.2, -0.15) is 0 Å². The van der Waals surface area contributed by atoms with Gasteiger partial charge in [-0.15, -0.1) is 0 Å². The second-order valence-electron chi connectivity index (χ2n) is 4.94. The molecule has 1 N–H and O–H groups in total. The van der Waals surface area contributed by atoms with E-state index in [1.807, 2.05) is 36.4 Å². The van der Waals surface area contributed by atoms with Gasteiger partial charge in [0.25, 0.3) is 5.78 Å². The first-order valence-corrected chi connectivity index (χ1v) is 6.98. The van der Waals surface area contributed by atoms with Crippen molar-refractivity contribution in [2.24, 2.45) is 0 Å². The second-order valence-corrected chi connectivity index (χ2v) is 4.94. The predicted molar refractivity (Wildman–Crippen MR) is 84.5 cm³/mol. The number of pyridine rings is 1. The van der Waals surface area contributed by atoms with Crippen molar-refractivity contribution in [3.63, 3.8) is 0 Å². The Morgan fingerprint density at radius 1 is 0.957 bits per heavy atom. The first kappa shape index (κ1) is 14.7. The second kappa shape index (κ2) is 6.27. The van der Waals surface area contributed by atoms with Gasteiger partial charge in [-0.25, -0.2) is 9.78 Å². The number of para-hydroxylation sites is 1. The SMILES string of the molecule is O=C(O)C(=O)c1ccc(OCc2ccc3ccccc3n2)cc1. The Balaban J connectivity index is 1.69. The highest BCUT2D eigenvalue weighted by Crippen LogP contribution is 2.16. The summed E-state index contributed by atoms with van der Waals surface area (Å²) >= 11 is 0. The van der Waals surface area contributed by atoms with Gasteiger partial charge in [-0.3, -0.25) is 4.79 Å². The van der Waals surface area contributed by atoms with Gasteiger partial charge in [-0.05, 0) is 36.4 Å². The number of ketones is 1. The molecule has 0 fully saturated rings. The van der Waals surface area contributed by atoms with Crippen LogP contribution in [-0.2, 0) is 11.4 Å². The third-order valence-electron chi connectivity index (χ3n) is 3.35. The summed E-state index contributed by atoms with van der Waals surface area (Å²) in [6.07, 6.45) is 0. The highest BCUT2D eigenvalue weighted by molar-refractivity contribution is 6.39. The zero-order chi connectivity index (χ0) is 16.2. The Morgan fingerprint density at radius 3 is 2.43 bits per heavy atom. The van der Waals surface area contributed by atoms with Crippen LogP contribution in [0.4, 0.5) is 0 Å². The molecule has 0 atom stereocenters. The number of carboxylic acid groups (broad SMARTS) is 1. The average molecular weight is 307 g/mol. The lowest BCUT2D eigenvalue weighted by molar-refractivity contribution is -0.131. The van der Waals surface area contributed by atoms with Crippen LogP contribution in [0, 0.1) is 0 Å². The molecule has 0 aliphatic heterocycles. The summed E-state index contributed by atoms with van der Waals surface area (Å²) in [5.74, 6) is -1.87. The number of hydrogen-bond acceptors (Lipinski definition) is 4. The molecule has 114 valence electrons. The maximum Gasteiger partial charge on any atom is 0.377 e. The number of carbonyl (C=O) groups is 2. The molecule has 0 aliphatic carbocycles. The third kappa shape index (κ3) is 3.35. The minimum Gasteiger partial charge on any atom is -0.487 e. The summed E-state index contributed by atoms with van der Waals surface area (Å²) in [6.45, 7) is 0.289. The minimum absolute atomic E-state index is 0.119. The number of benzene rings is 2. The van der Waals surface area contributed by atoms with Gasteiger partial charge in [-0.1, -0.05) is 24.3 Å². The first-order chi connectivity index (χ1) is 11.1. The predicted octanol–water partition coefficient (Wildman–Crippen LogP) is 3.08. The number of hydrogen-bond donors (Lipinski definition) is 1. The van der Waals surface area contributed by atoms with Crippen LogP contribution in [-0.4, -0.2) is 21.8 Å². The molecule has 0 saturated heterocycles. The van der Waals surface area contributed by atoms with Gasteiger partial charge in [0, 0.05) is 10.9 Å². The largest absolute Gasteiger partial charge is 0.487 e. The highest BCUT2D eigenvalue weighted by atomic mass is 16.5. The topological polar surface area (TPSA) is 76.5 Å². The molecule has 2 aromatic carbocycles. The lowest BCUT2D eigenvalue weighted by Gasteiger charge is -2.07. The van der Waals surface area contributed by atoms with Crippen LogP contribution in [0.5, 0.6) is 5.75 Å². The van der Waals surface area contributed by atoms with E-state index in [1.54, 1.807) is 12.1 Å². The lowest BCUT2D eigenvalue weighted by atomic mass is 10.1. The standard InChI is InChI=1S/C18H13NO4/c20-17(18(21)22)13-6-9-15(10-7-13)23-11-14-8-5-12-3-1-2-4-16(12)19-14/h1-10H,11H2,(H,21,22). The molecule has 0 saturated carbocycles. The zero-order valence-electron chi connectivity index (χ0n) is 12.1. The molecule has 0 unspecified atom stereocenters. The van der Waals surface area contributed by atoms with E-state index in [0.29, 0.717) is 5.75 Å². The minimum atomic E-state index is -1.47. The molecular weight excluding hydrogens is 294 g/mol. The van der Waals surface area contributed by atoms with Gasteiger partial charge in [0.2, 0.25) is 0 Å². The summed E-state index contributed by atoms with van der Waals surface area (Å²) in [7, 11) is 0. The van der Waals surface area contributed by atoms with Crippen molar-refractivity contribution in [1.82, 2.24) is 4.98 Å². The van der Waals surface area contributed by atoms with Crippen LogP contribution in [0.3, 0.4) is 0 Å². The molecule has 0 bridgehead atoms. The van der Waals surface area contributed by atoms with Crippen LogP contribution in [0.1, 0.15) is 16.1 Å². The molecule has 5 heteroatoms. The summed E-state index contributed by atoms with van der Waals surface area (Å²) in [5.41, 5.74) is 1.80. The van der Waals surface area contributed by atoms with Crippen molar-refractivity contribution in [1.29, 1.82) is 0 Å². The maximum atomic E-state index is 11.3. The van der Waals surface area contributed by atoms with E-state index >= 15 is 0 Å². The quantitative estimate of drug-likeness (QED) is 0.579. The normalized spacial score (nSPS) is 10.4. The molecule has 0 radical (unpaired) electrons. The monoisotopic (exact) mass is 307 g/mol. The number of rotatable bonds is 5. The fourth-order valence-corrected chi connectivity index (χ4v) is 2.17. The third-order valence-corrected chi connectivity index (χ3v) is 3.35. The average Bonchev–Trinajstić information content (AvgIpc) is 2.59. The molecular formula is C18H13NO4. The van der Waals surface area contributed by atoms with E-state index in [9.17, 15) is 9.59 Å². The van der Waals surface area contributed by atoms with Crippen molar-refractivity contribution in [3.05, 3.63) is 71.9 Å². The number of carboxylic acids is 1. The molecule has 1 heterocycles. The number of nitrogens with zero attached hydrogens (tertiary/aromatic N) is 1. The Hall–Kier alpha value is -3.21. The Morgan fingerprint density at radius 2 is 1.70 bits per heavy atom. The van der Waals surface area contributed by atoms with Gasteiger partial charge in [0.1, 0.15) is 12.4 Å². The summed E-state index contributed by atoms with van der Waals surface area (Å²) < 4.78 is 5.61. The number of aromatic nitrogens is 1. The number of fused-ring (bicyclic) bond motifs is 1. The van der Waals surface area contributed by atoms with Crippen molar-refractivity contribution in [2.45, 2.75) is 6.61 Å². The Bertz CT molecular complexity index is 872. The van der Waals surface area contributed by atoms with E-state index in [2.05, 4.69) is 4.98 Å². The van der Waals surface area contributed by atoms with Gasteiger partial charge in [0.15, 0.2) is 0 Å². The van der Waals surface area contributed by atoms with E-state index in [4.69, 9.17) is 9.84 Å². The smallest absolute Gasteiger partial charge is 0.377 e. The molecule has 23 heavy (non-hydrogen) atoms. The fraction of sp³-hybridized carbons (Fsp3) is 0.0556. The van der Waals surface area contributed by atoms with Crippen LogP contribution in [0.15, 0.2) is 60.7 Å². The molecule has 3 rings (SSSR count). The van der Waals surface area contributed by atoms with Crippen molar-refractivity contribution in [3.8, 4) is 5.75 Å². The van der Waals surface area contributed by atoms with Crippen LogP contribution in [0.2, 0.25) is 0 Å². The van der Waals surface area contributed by atoms with Crippen molar-refractivity contribution >= 4 is 22.7 Å². The summed E-state index contributed by atoms with van der Waals surface area (Å²) in [5, 5.41) is 9.72. The Labute approximate surface area is 132 Å². The van der Waals surface area contributed by atoms with Crippen molar-refractivity contribution < 1.29 is 19.4 Å².